The summed E-state index contributed by atoms with van der Waals surface area (Å²) < 4.78 is 5.16. The summed E-state index contributed by atoms with van der Waals surface area (Å²) in [5, 5.41) is 8.52. The van der Waals surface area contributed by atoms with E-state index in [1.807, 2.05) is 6.07 Å². The predicted molar refractivity (Wildman–Crippen MR) is 73.2 cm³/mol. The zero-order chi connectivity index (χ0) is 13.9. The predicted octanol–water partition coefficient (Wildman–Crippen LogP) is 2.01. The first kappa shape index (κ1) is 14.8. The van der Waals surface area contributed by atoms with Crippen LogP contribution in [0.4, 0.5) is 0 Å². The summed E-state index contributed by atoms with van der Waals surface area (Å²) in [4.78, 5) is 11.7. The number of carbonyl (C=O) groups is 1. The Kier molecular flexibility index (Phi) is 6.87. The van der Waals surface area contributed by atoms with Gasteiger partial charge in [0.2, 0.25) is 0 Å². The molecular weight excluding hydrogens is 240 g/mol. The molecule has 0 amide bonds. The number of rotatable bonds is 3. The number of ether oxygens (including phenoxy) is 1. The summed E-state index contributed by atoms with van der Waals surface area (Å²) in [7, 11) is 0. The van der Waals surface area contributed by atoms with Gasteiger partial charge in [0.25, 0.3) is 0 Å². The van der Waals surface area contributed by atoms with Gasteiger partial charge in [0, 0.05) is 6.42 Å². The lowest BCUT2D eigenvalue weighted by Gasteiger charge is -2.06. The first-order valence-electron chi connectivity index (χ1n) is 6.05. The Hall–Kier alpha value is -2.23. The molecule has 0 aliphatic heterocycles. The highest BCUT2D eigenvalue weighted by Gasteiger charge is 2.08. The van der Waals surface area contributed by atoms with Crippen LogP contribution in [0.3, 0.4) is 0 Å². The zero-order valence-electron chi connectivity index (χ0n) is 10.8. The van der Waals surface area contributed by atoms with E-state index in [9.17, 15) is 4.79 Å². The first-order chi connectivity index (χ1) is 9.24. The van der Waals surface area contributed by atoms with E-state index in [4.69, 9.17) is 9.84 Å². The van der Waals surface area contributed by atoms with Crippen LogP contribution >= 0.6 is 0 Å². The number of hydrogen-bond acceptors (Lipinski definition) is 3. The maximum atomic E-state index is 11.7. The SMILES string of the molecule is CC(C#CCC#CCCO)OC(=O)c1ccccc1. The Balaban J connectivity index is 2.40. The fourth-order valence-corrected chi connectivity index (χ4v) is 1.28. The fourth-order valence-electron chi connectivity index (χ4n) is 1.28. The van der Waals surface area contributed by atoms with Crippen molar-refractivity contribution in [2.45, 2.75) is 25.9 Å². The topological polar surface area (TPSA) is 46.5 Å². The molecule has 1 atom stereocenters. The maximum absolute atomic E-state index is 11.7. The molecule has 0 saturated heterocycles. The highest BCUT2D eigenvalue weighted by atomic mass is 16.5. The van der Waals surface area contributed by atoms with Crippen molar-refractivity contribution >= 4 is 5.97 Å². The quantitative estimate of drug-likeness (QED) is 0.664. The molecule has 19 heavy (non-hydrogen) atoms. The minimum Gasteiger partial charge on any atom is -0.446 e. The van der Waals surface area contributed by atoms with Crippen LogP contribution in [0.5, 0.6) is 0 Å². The van der Waals surface area contributed by atoms with Crippen LogP contribution in [0.2, 0.25) is 0 Å². The van der Waals surface area contributed by atoms with Crippen molar-refractivity contribution < 1.29 is 14.6 Å². The summed E-state index contributed by atoms with van der Waals surface area (Å²) in [6.45, 7) is 1.78. The van der Waals surface area contributed by atoms with Crippen molar-refractivity contribution in [2.75, 3.05) is 6.61 Å². The molecule has 0 spiro atoms. The molecule has 1 aromatic rings. The average Bonchev–Trinajstić information content (AvgIpc) is 2.43. The summed E-state index contributed by atoms with van der Waals surface area (Å²) in [5.74, 6) is 10.8. The minimum absolute atomic E-state index is 0.0610. The van der Waals surface area contributed by atoms with Crippen LogP contribution < -0.4 is 0 Å². The van der Waals surface area contributed by atoms with Gasteiger partial charge in [-0.1, -0.05) is 41.9 Å². The molecule has 98 valence electrons. The molecule has 3 nitrogen and oxygen atoms in total. The molecule has 0 aliphatic rings. The monoisotopic (exact) mass is 256 g/mol. The van der Waals surface area contributed by atoms with Gasteiger partial charge < -0.3 is 9.84 Å². The van der Waals surface area contributed by atoms with Crippen molar-refractivity contribution in [1.82, 2.24) is 0 Å². The largest absolute Gasteiger partial charge is 0.446 e. The molecule has 0 aromatic heterocycles. The molecule has 3 heteroatoms. The van der Waals surface area contributed by atoms with Crippen LogP contribution in [0.1, 0.15) is 30.1 Å². The zero-order valence-corrected chi connectivity index (χ0v) is 10.8. The molecular formula is C16H16O3. The number of benzene rings is 1. The van der Waals surface area contributed by atoms with E-state index in [1.165, 1.54) is 0 Å². The van der Waals surface area contributed by atoms with Gasteiger partial charge in [-0.15, -0.1) is 0 Å². The Morgan fingerprint density at radius 2 is 2.00 bits per heavy atom. The summed E-state index contributed by atoms with van der Waals surface area (Å²) in [5.41, 5.74) is 0.513. The van der Waals surface area contributed by atoms with Crippen LogP contribution in [-0.4, -0.2) is 23.8 Å². The molecule has 0 heterocycles. The molecule has 0 fully saturated rings. The Labute approximate surface area is 113 Å². The third-order valence-corrected chi connectivity index (χ3v) is 2.14. The van der Waals surface area contributed by atoms with Crippen molar-refractivity contribution in [1.29, 1.82) is 0 Å². The lowest BCUT2D eigenvalue weighted by molar-refractivity contribution is 0.0438. The number of hydrogen-bond donors (Lipinski definition) is 1. The van der Waals surface area contributed by atoms with E-state index in [0.29, 0.717) is 18.4 Å². The van der Waals surface area contributed by atoms with Gasteiger partial charge in [-0.3, -0.25) is 0 Å². The Morgan fingerprint density at radius 1 is 1.26 bits per heavy atom. The molecule has 1 aromatic carbocycles. The van der Waals surface area contributed by atoms with Crippen LogP contribution in [0.25, 0.3) is 0 Å². The van der Waals surface area contributed by atoms with Gasteiger partial charge in [0.15, 0.2) is 6.10 Å². The summed E-state index contributed by atoms with van der Waals surface area (Å²) >= 11 is 0. The smallest absolute Gasteiger partial charge is 0.339 e. The third-order valence-electron chi connectivity index (χ3n) is 2.14. The fraction of sp³-hybridized carbons (Fsp3) is 0.312. The number of aliphatic hydroxyl groups is 1. The first-order valence-corrected chi connectivity index (χ1v) is 6.05. The Morgan fingerprint density at radius 3 is 2.68 bits per heavy atom. The number of carbonyl (C=O) groups excluding carboxylic acids is 1. The van der Waals surface area contributed by atoms with Gasteiger partial charge in [-0.25, -0.2) is 4.79 Å². The van der Waals surface area contributed by atoms with Gasteiger partial charge in [0.05, 0.1) is 18.6 Å². The maximum Gasteiger partial charge on any atom is 0.339 e. The second-order valence-corrected chi connectivity index (χ2v) is 3.74. The molecule has 1 unspecified atom stereocenters. The average molecular weight is 256 g/mol. The summed E-state index contributed by atoms with van der Waals surface area (Å²) in [6, 6.07) is 8.80. The standard InChI is InChI=1S/C16H16O3/c1-14(10-6-3-2-4-9-13-17)19-16(18)15-11-7-5-8-12-15/h5,7-8,11-12,14,17H,3,9,13H2,1H3. The van der Waals surface area contributed by atoms with Gasteiger partial charge >= 0.3 is 5.97 Å². The molecule has 1 rings (SSSR count). The van der Waals surface area contributed by atoms with Crippen LogP contribution in [-0.2, 0) is 4.74 Å². The van der Waals surface area contributed by atoms with Crippen LogP contribution in [0, 0.1) is 23.7 Å². The van der Waals surface area contributed by atoms with E-state index in [1.54, 1.807) is 31.2 Å². The van der Waals surface area contributed by atoms with E-state index >= 15 is 0 Å². The van der Waals surface area contributed by atoms with Gasteiger partial charge in [0.1, 0.15) is 0 Å². The van der Waals surface area contributed by atoms with E-state index in [0.717, 1.165) is 0 Å². The minimum atomic E-state index is -0.465. The molecule has 0 bridgehead atoms. The van der Waals surface area contributed by atoms with Crippen molar-refractivity contribution in [3.8, 4) is 23.7 Å². The van der Waals surface area contributed by atoms with E-state index < -0.39 is 6.10 Å². The second kappa shape index (κ2) is 8.80. The van der Waals surface area contributed by atoms with Gasteiger partial charge in [-0.2, -0.15) is 0 Å². The van der Waals surface area contributed by atoms with Crippen molar-refractivity contribution in [2.24, 2.45) is 0 Å². The molecule has 0 aliphatic carbocycles. The van der Waals surface area contributed by atoms with Crippen LogP contribution in [0.15, 0.2) is 30.3 Å². The van der Waals surface area contributed by atoms with Crippen molar-refractivity contribution in [3.63, 3.8) is 0 Å². The third kappa shape index (κ3) is 6.31. The van der Waals surface area contributed by atoms with E-state index in [2.05, 4.69) is 23.7 Å². The summed E-state index contributed by atoms with van der Waals surface area (Å²) in [6.07, 6.45) is 0.403. The lowest BCUT2D eigenvalue weighted by atomic mass is 10.2. The highest BCUT2D eigenvalue weighted by molar-refractivity contribution is 5.89. The lowest BCUT2D eigenvalue weighted by Crippen LogP contribution is -2.13. The van der Waals surface area contributed by atoms with E-state index in [-0.39, 0.29) is 12.6 Å². The Bertz CT molecular complexity index is 512. The molecule has 1 N–H and O–H groups in total. The normalized spacial score (nSPS) is 10.4. The number of esters is 1. The van der Waals surface area contributed by atoms with Crippen molar-refractivity contribution in [3.05, 3.63) is 35.9 Å². The second-order valence-electron chi connectivity index (χ2n) is 3.74. The highest BCUT2D eigenvalue weighted by Crippen LogP contribution is 2.03. The van der Waals surface area contributed by atoms with Gasteiger partial charge in [-0.05, 0) is 19.1 Å². The molecule has 0 radical (unpaired) electrons. The molecule has 0 saturated carbocycles. The number of aliphatic hydroxyl groups excluding tert-OH is 1.